The predicted molar refractivity (Wildman–Crippen MR) is 52.5 cm³/mol. The molecule has 2 heteroatoms. The van der Waals surface area contributed by atoms with Crippen LogP contribution in [0.5, 0.6) is 0 Å². The first kappa shape index (κ1) is 10.7. The van der Waals surface area contributed by atoms with Gasteiger partial charge in [-0.3, -0.25) is 4.79 Å². The molecule has 0 atom stereocenters. The molecule has 0 aliphatic heterocycles. The Morgan fingerprint density at radius 3 is 2.00 bits per heavy atom. The van der Waals surface area contributed by atoms with Crippen molar-refractivity contribution in [2.75, 3.05) is 0 Å². The first-order chi connectivity index (χ1) is 6.06. The Bertz CT molecular complexity index is 177. The lowest BCUT2D eigenvalue weighted by atomic mass is 9.84. The second kappa shape index (κ2) is 4.23. The molecule has 0 aromatic heterocycles. The molecule has 0 spiro atoms. The van der Waals surface area contributed by atoms with E-state index in [0.29, 0.717) is 12.8 Å². The number of carbonyl (C=O) groups is 1. The third kappa shape index (κ3) is 2.53. The Hall–Kier alpha value is -0.370. The Morgan fingerprint density at radius 2 is 1.62 bits per heavy atom. The molecule has 1 aliphatic carbocycles. The second-order valence-corrected chi connectivity index (χ2v) is 4.46. The second-order valence-electron chi connectivity index (χ2n) is 4.46. The van der Waals surface area contributed by atoms with Gasteiger partial charge in [-0.1, -0.05) is 39.5 Å². The highest BCUT2D eigenvalue weighted by molar-refractivity contribution is 5.88. The zero-order chi connectivity index (χ0) is 9.90. The molecule has 0 unspecified atom stereocenters. The molecule has 13 heavy (non-hydrogen) atoms. The van der Waals surface area contributed by atoms with Crippen LogP contribution in [0.15, 0.2) is 0 Å². The minimum Gasteiger partial charge on any atom is -0.382 e. The minimum absolute atomic E-state index is 0.0365. The zero-order valence-corrected chi connectivity index (χ0v) is 8.68. The van der Waals surface area contributed by atoms with Gasteiger partial charge in [0.1, 0.15) is 5.60 Å². The maximum absolute atomic E-state index is 11.7. The van der Waals surface area contributed by atoms with Crippen molar-refractivity contribution in [2.45, 2.75) is 58.0 Å². The third-order valence-corrected chi connectivity index (χ3v) is 2.91. The van der Waals surface area contributed by atoms with E-state index < -0.39 is 5.60 Å². The molecule has 1 N–H and O–H groups in total. The summed E-state index contributed by atoms with van der Waals surface area (Å²) in [4.78, 5) is 11.7. The van der Waals surface area contributed by atoms with Crippen molar-refractivity contribution in [3.63, 3.8) is 0 Å². The van der Waals surface area contributed by atoms with Gasteiger partial charge in [0.2, 0.25) is 0 Å². The summed E-state index contributed by atoms with van der Waals surface area (Å²) in [6.07, 6.45) is 5.65. The Labute approximate surface area is 80.3 Å². The summed E-state index contributed by atoms with van der Waals surface area (Å²) in [5.74, 6) is -0.00231. The first-order valence-corrected chi connectivity index (χ1v) is 5.33. The van der Waals surface area contributed by atoms with Crippen LogP contribution in [0.25, 0.3) is 0 Å². The molecule has 0 aromatic carbocycles. The largest absolute Gasteiger partial charge is 0.382 e. The van der Waals surface area contributed by atoms with E-state index in [-0.39, 0.29) is 11.7 Å². The fraction of sp³-hybridized carbons (Fsp3) is 0.909. The van der Waals surface area contributed by atoms with Crippen molar-refractivity contribution in [2.24, 2.45) is 5.92 Å². The maximum Gasteiger partial charge on any atom is 0.166 e. The average molecular weight is 184 g/mol. The van der Waals surface area contributed by atoms with Crippen LogP contribution in [0.1, 0.15) is 52.4 Å². The smallest absolute Gasteiger partial charge is 0.166 e. The molecule has 0 aromatic rings. The van der Waals surface area contributed by atoms with Gasteiger partial charge in [0.05, 0.1) is 0 Å². The summed E-state index contributed by atoms with van der Waals surface area (Å²) >= 11 is 0. The van der Waals surface area contributed by atoms with Crippen LogP contribution in [-0.2, 0) is 4.79 Å². The Balaban J connectivity index is 2.66. The van der Waals surface area contributed by atoms with Gasteiger partial charge in [-0.05, 0) is 12.8 Å². The summed E-state index contributed by atoms with van der Waals surface area (Å²) in [7, 11) is 0. The molecule has 76 valence electrons. The van der Waals surface area contributed by atoms with Gasteiger partial charge in [-0.2, -0.15) is 0 Å². The quantitative estimate of drug-likeness (QED) is 0.669. The SMILES string of the molecule is CC(C)C(=O)C1(O)CCCCCC1. The van der Waals surface area contributed by atoms with Crippen LogP contribution in [-0.4, -0.2) is 16.5 Å². The van der Waals surface area contributed by atoms with Crippen LogP contribution in [0, 0.1) is 5.92 Å². The van der Waals surface area contributed by atoms with E-state index in [4.69, 9.17) is 0 Å². The highest BCUT2D eigenvalue weighted by Crippen LogP contribution is 2.29. The number of ketones is 1. The van der Waals surface area contributed by atoms with Crippen LogP contribution in [0.2, 0.25) is 0 Å². The van der Waals surface area contributed by atoms with Crippen LogP contribution in [0.3, 0.4) is 0 Å². The van der Waals surface area contributed by atoms with Crippen LogP contribution >= 0.6 is 0 Å². The molecule has 1 rings (SSSR count). The lowest BCUT2D eigenvalue weighted by Crippen LogP contribution is -2.40. The van der Waals surface area contributed by atoms with Gasteiger partial charge in [0.15, 0.2) is 5.78 Å². The molecule has 0 bridgehead atoms. The number of carbonyl (C=O) groups excluding carboxylic acids is 1. The summed E-state index contributed by atoms with van der Waals surface area (Å²) in [5.41, 5.74) is -0.995. The number of aliphatic hydroxyl groups is 1. The number of hydrogen-bond donors (Lipinski definition) is 1. The minimum atomic E-state index is -0.995. The molecule has 1 fully saturated rings. The highest BCUT2D eigenvalue weighted by Gasteiger charge is 2.36. The molecule has 0 amide bonds. The molecular weight excluding hydrogens is 164 g/mol. The van der Waals surface area contributed by atoms with Gasteiger partial charge >= 0.3 is 0 Å². The van der Waals surface area contributed by atoms with Crippen LogP contribution < -0.4 is 0 Å². The van der Waals surface area contributed by atoms with Gasteiger partial charge in [0, 0.05) is 5.92 Å². The first-order valence-electron chi connectivity index (χ1n) is 5.33. The van der Waals surface area contributed by atoms with E-state index in [0.717, 1.165) is 25.7 Å². The Morgan fingerprint density at radius 1 is 1.15 bits per heavy atom. The summed E-state index contributed by atoms with van der Waals surface area (Å²) in [6.45, 7) is 3.73. The van der Waals surface area contributed by atoms with Crippen molar-refractivity contribution >= 4 is 5.78 Å². The number of hydrogen-bond acceptors (Lipinski definition) is 2. The number of rotatable bonds is 2. The lowest BCUT2D eigenvalue weighted by molar-refractivity contribution is -0.142. The van der Waals surface area contributed by atoms with Crippen molar-refractivity contribution in [3.05, 3.63) is 0 Å². The van der Waals surface area contributed by atoms with Gasteiger partial charge in [-0.25, -0.2) is 0 Å². The number of Topliss-reactive ketones (excluding diaryl/α,β-unsaturated/α-hetero) is 1. The van der Waals surface area contributed by atoms with Crippen molar-refractivity contribution < 1.29 is 9.90 Å². The topological polar surface area (TPSA) is 37.3 Å². The van der Waals surface area contributed by atoms with Crippen LogP contribution in [0.4, 0.5) is 0 Å². The fourth-order valence-electron chi connectivity index (χ4n) is 2.10. The van der Waals surface area contributed by atoms with E-state index in [2.05, 4.69) is 0 Å². The van der Waals surface area contributed by atoms with Crippen molar-refractivity contribution in [3.8, 4) is 0 Å². The maximum atomic E-state index is 11.7. The lowest BCUT2D eigenvalue weighted by Gasteiger charge is -2.26. The van der Waals surface area contributed by atoms with E-state index in [9.17, 15) is 9.90 Å². The molecule has 0 saturated heterocycles. The standard InChI is InChI=1S/C11H20O2/c1-9(2)10(12)11(13)7-5-3-4-6-8-11/h9,13H,3-8H2,1-2H3. The normalized spacial score (nSPS) is 22.8. The van der Waals surface area contributed by atoms with Crippen molar-refractivity contribution in [1.82, 2.24) is 0 Å². The fourth-order valence-corrected chi connectivity index (χ4v) is 2.10. The molecule has 1 aliphatic rings. The molecule has 0 heterocycles. The highest BCUT2D eigenvalue weighted by atomic mass is 16.3. The van der Waals surface area contributed by atoms with Gasteiger partial charge in [0.25, 0.3) is 0 Å². The van der Waals surface area contributed by atoms with Gasteiger partial charge in [-0.15, -0.1) is 0 Å². The molecule has 0 radical (unpaired) electrons. The van der Waals surface area contributed by atoms with Gasteiger partial charge < -0.3 is 5.11 Å². The monoisotopic (exact) mass is 184 g/mol. The average Bonchev–Trinajstić information content (AvgIpc) is 2.29. The molecule has 2 nitrogen and oxygen atoms in total. The van der Waals surface area contributed by atoms with Crippen molar-refractivity contribution in [1.29, 1.82) is 0 Å². The molecule has 1 saturated carbocycles. The third-order valence-electron chi connectivity index (χ3n) is 2.91. The molecular formula is C11H20O2. The zero-order valence-electron chi connectivity index (χ0n) is 8.68. The summed E-state index contributed by atoms with van der Waals surface area (Å²) < 4.78 is 0. The summed E-state index contributed by atoms with van der Waals surface area (Å²) in [5, 5.41) is 10.1. The summed E-state index contributed by atoms with van der Waals surface area (Å²) in [6, 6.07) is 0. The van der Waals surface area contributed by atoms with E-state index in [1.807, 2.05) is 13.8 Å². The Kier molecular flexibility index (Phi) is 3.48. The van der Waals surface area contributed by atoms with E-state index in [1.54, 1.807) is 0 Å². The predicted octanol–water partition coefficient (Wildman–Crippen LogP) is 2.30. The van der Waals surface area contributed by atoms with E-state index >= 15 is 0 Å². The van der Waals surface area contributed by atoms with E-state index in [1.165, 1.54) is 0 Å².